The molecule has 0 bridgehead atoms. The Balaban J connectivity index is 1.48. The van der Waals surface area contributed by atoms with Gasteiger partial charge in [-0.1, -0.05) is 11.8 Å². The summed E-state index contributed by atoms with van der Waals surface area (Å²) in [5.41, 5.74) is 0. The number of thioether (sulfide) groups is 1. The normalized spacial score (nSPS) is 16.3. The lowest BCUT2D eigenvalue weighted by atomic mass is 10.4. The highest BCUT2D eigenvalue weighted by molar-refractivity contribution is 8.00. The van der Waals surface area contributed by atoms with Crippen LogP contribution in [0.15, 0.2) is 10.7 Å². The third kappa shape index (κ3) is 3.62. The number of rotatable bonds is 6. The summed E-state index contributed by atoms with van der Waals surface area (Å²) >= 11 is 3.26. The molecule has 0 amide bonds. The molecule has 0 radical (unpaired) electrons. The van der Waals surface area contributed by atoms with E-state index < -0.39 is 0 Å². The van der Waals surface area contributed by atoms with Crippen molar-refractivity contribution in [3.05, 3.63) is 6.33 Å². The standard InChI is InChI=1S/C8H13N3S2/c1-2-7(1)5-9-3-4-12-8-10-6-11-13-8/h6-7,9H,1-5H2. The molecule has 0 unspecified atom stereocenters. The van der Waals surface area contributed by atoms with E-state index in [0.29, 0.717) is 0 Å². The fourth-order valence-corrected chi connectivity index (χ4v) is 2.48. The van der Waals surface area contributed by atoms with Crippen molar-refractivity contribution in [2.24, 2.45) is 5.92 Å². The maximum atomic E-state index is 4.10. The SMILES string of the molecule is c1nsc(SCCNCC2CC2)n1. The second-order valence-electron chi connectivity index (χ2n) is 3.20. The molecule has 0 atom stereocenters. The number of hydrogen-bond acceptors (Lipinski definition) is 5. The lowest BCUT2D eigenvalue weighted by Crippen LogP contribution is -2.19. The first-order valence-corrected chi connectivity index (χ1v) is 6.31. The topological polar surface area (TPSA) is 37.8 Å². The Bertz CT molecular complexity index is 234. The average Bonchev–Trinajstić information content (AvgIpc) is 2.81. The fraction of sp³-hybridized carbons (Fsp3) is 0.750. The molecule has 1 aromatic heterocycles. The second-order valence-corrected chi connectivity index (χ2v) is 5.33. The van der Waals surface area contributed by atoms with Gasteiger partial charge in [0.2, 0.25) is 0 Å². The van der Waals surface area contributed by atoms with E-state index in [9.17, 15) is 0 Å². The van der Waals surface area contributed by atoms with Gasteiger partial charge in [-0.2, -0.15) is 4.37 Å². The zero-order chi connectivity index (χ0) is 8.93. The monoisotopic (exact) mass is 215 g/mol. The smallest absolute Gasteiger partial charge is 0.169 e. The van der Waals surface area contributed by atoms with Crippen LogP contribution in [-0.4, -0.2) is 28.2 Å². The van der Waals surface area contributed by atoms with Crippen LogP contribution in [-0.2, 0) is 0 Å². The summed E-state index contributed by atoms with van der Waals surface area (Å²) in [5.74, 6) is 2.08. The first kappa shape index (κ1) is 9.43. The van der Waals surface area contributed by atoms with Gasteiger partial charge in [0.1, 0.15) is 6.33 Å². The van der Waals surface area contributed by atoms with Crippen molar-refractivity contribution in [2.75, 3.05) is 18.8 Å². The van der Waals surface area contributed by atoms with Gasteiger partial charge >= 0.3 is 0 Å². The molecule has 1 saturated carbocycles. The molecule has 72 valence electrons. The van der Waals surface area contributed by atoms with Gasteiger partial charge in [0.05, 0.1) is 0 Å². The predicted molar refractivity (Wildman–Crippen MR) is 56.2 cm³/mol. The van der Waals surface area contributed by atoms with E-state index in [1.54, 1.807) is 18.1 Å². The van der Waals surface area contributed by atoms with E-state index in [-0.39, 0.29) is 0 Å². The minimum Gasteiger partial charge on any atom is -0.316 e. The molecule has 1 heterocycles. The molecule has 1 N–H and O–H groups in total. The second kappa shape index (κ2) is 4.93. The van der Waals surface area contributed by atoms with Crippen molar-refractivity contribution >= 4 is 23.3 Å². The minimum atomic E-state index is 0.978. The molecule has 0 spiro atoms. The summed E-state index contributed by atoms with van der Waals surface area (Å²) in [6, 6.07) is 0. The lowest BCUT2D eigenvalue weighted by molar-refractivity contribution is 0.666. The molecule has 0 aromatic carbocycles. The van der Waals surface area contributed by atoms with Crippen molar-refractivity contribution in [1.82, 2.24) is 14.7 Å². The maximum absolute atomic E-state index is 4.10. The van der Waals surface area contributed by atoms with Gasteiger partial charge in [-0.25, -0.2) is 4.98 Å². The predicted octanol–water partition coefficient (Wildman–Crippen LogP) is 1.63. The number of hydrogen-bond donors (Lipinski definition) is 1. The number of nitrogens with zero attached hydrogens (tertiary/aromatic N) is 2. The summed E-state index contributed by atoms with van der Waals surface area (Å²) in [5, 5.41) is 3.45. The molecule has 0 aliphatic heterocycles. The Kier molecular flexibility index (Phi) is 3.57. The van der Waals surface area contributed by atoms with Crippen molar-refractivity contribution in [3.63, 3.8) is 0 Å². The highest BCUT2D eigenvalue weighted by Crippen LogP contribution is 2.27. The Hall–Kier alpha value is -0.130. The quantitative estimate of drug-likeness (QED) is 0.578. The maximum Gasteiger partial charge on any atom is 0.169 e. The zero-order valence-electron chi connectivity index (χ0n) is 7.40. The highest BCUT2D eigenvalue weighted by atomic mass is 32.2. The van der Waals surface area contributed by atoms with Gasteiger partial charge in [0.25, 0.3) is 0 Å². The zero-order valence-corrected chi connectivity index (χ0v) is 9.03. The summed E-state index contributed by atoms with van der Waals surface area (Å²) < 4.78 is 5.03. The van der Waals surface area contributed by atoms with Crippen LogP contribution in [0.2, 0.25) is 0 Å². The van der Waals surface area contributed by atoms with Crippen molar-refractivity contribution in [2.45, 2.75) is 17.2 Å². The summed E-state index contributed by atoms with van der Waals surface area (Å²) in [6.45, 7) is 2.29. The molecular weight excluding hydrogens is 202 g/mol. The van der Waals surface area contributed by atoms with Crippen LogP contribution in [0.1, 0.15) is 12.8 Å². The van der Waals surface area contributed by atoms with Crippen LogP contribution < -0.4 is 5.32 Å². The molecule has 5 heteroatoms. The van der Waals surface area contributed by atoms with E-state index in [0.717, 1.165) is 22.6 Å². The summed E-state index contributed by atoms with van der Waals surface area (Å²) in [7, 11) is 0. The van der Waals surface area contributed by atoms with Crippen molar-refractivity contribution in [3.8, 4) is 0 Å². The Labute approximate surface area is 86.5 Å². The Morgan fingerprint density at radius 1 is 1.62 bits per heavy atom. The molecule has 1 aliphatic carbocycles. The molecule has 0 saturated heterocycles. The summed E-state index contributed by atoms with van der Waals surface area (Å²) in [6.07, 6.45) is 4.47. The molecule has 1 fully saturated rings. The number of nitrogens with one attached hydrogen (secondary N) is 1. The highest BCUT2D eigenvalue weighted by Gasteiger charge is 2.19. The van der Waals surface area contributed by atoms with E-state index in [4.69, 9.17) is 0 Å². The van der Waals surface area contributed by atoms with Gasteiger partial charge in [0.15, 0.2) is 4.34 Å². The van der Waals surface area contributed by atoms with E-state index in [1.807, 2.05) is 0 Å². The van der Waals surface area contributed by atoms with Gasteiger partial charge in [0, 0.05) is 12.3 Å². The van der Waals surface area contributed by atoms with Gasteiger partial charge in [-0.15, -0.1) is 0 Å². The lowest BCUT2D eigenvalue weighted by Gasteiger charge is -2.00. The molecule has 3 nitrogen and oxygen atoms in total. The summed E-state index contributed by atoms with van der Waals surface area (Å²) in [4.78, 5) is 4.10. The van der Waals surface area contributed by atoms with Crippen LogP contribution in [0.25, 0.3) is 0 Å². The average molecular weight is 215 g/mol. The van der Waals surface area contributed by atoms with Gasteiger partial charge in [-0.3, -0.25) is 0 Å². The number of aromatic nitrogens is 2. The van der Waals surface area contributed by atoms with Crippen molar-refractivity contribution in [1.29, 1.82) is 0 Å². The largest absolute Gasteiger partial charge is 0.316 e. The Morgan fingerprint density at radius 3 is 3.23 bits per heavy atom. The van der Waals surface area contributed by atoms with Gasteiger partial charge in [-0.05, 0) is 36.8 Å². The van der Waals surface area contributed by atoms with E-state index >= 15 is 0 Å². The molecular formula is C8H13N3S2. The van der Waals surface area contributed by atoms with Gasteiger partial charge < -0.3 is 5.32 Å². The first-order valence-electron chi connectivity index (χ1n) is 4.55. The third-order valence-electron chi connectivity index (χ3n) is 1.98. The van der Waals surface area contributed by atoms with Crippen LogP contribution in [0.3, 0.4) is 0 Å². The molecule has 1 aromatic rings. The third-order valence-corrected chi connectivity index (χ3v) is 3.77. The van der Waals surface area contributed by atoms with Crippen LogP contribution in [0.4, 0.5) is 0 Å². The molecule has 13 heavy (non-hydrogen) atoms. The van der Waals surface area contributed by atoms with E-state index in [2.05, 4.69) is 14.7 Å². The van der Waals surface area contributed by atoms with Crippen LogP contribution >= 0.6 is 23.3 Å². The minimum absolute atomic E-state index is 0.978. The van der Waals surface area contributed by atoms with Crippen molar-refractivity contribution < 1.29 is 0 Å². The fourth-order valence-electron chi connectivity index (χ4n) is 1.07. The molecule has 1 aliphatic rings. The van der Waals surface area contributed by atoms with Crippen LogP contribution in [0.5, 0.6) is 0 Å². The first-order chi connectivity index (χ1) is 6.45. The van der Waals surface area contributed by atoms with E-state index in [1.165, 1.54) is 30.9 Å². The van der Waals surface area contributed by atoms with Crippen LogP contribution in [0, 0.1) is 5.92 Å². The Morgan fingerprint density at radius 2 is 2.54 bits per heavy atom. The molecule has 2 rings (SSSR count).